The van der Waals surface area contributed by atoms with Crippen molar-refractivity contribution in [1.29, 1.82) is 0 Å². The number of H-pyrrole nitrogens is 1. The number of aliphatic hydroxyl groups is 1. The molecule has 10 atom stereocenters. The maximum Gasteiger partial charge on any atom is 0.344 e. The number of piperidine rings is 1. The van der Waals surface area contributed by atoms with Crippen LogP contribution in [0.25, 0.3) is 10.9 Å². The van der Waals surface area contributed by atoms with Gasteiger partial charge < -0.3 is 38.8 Å². The third-order valence-corrected chi connectivity index (χ3v) is 16.0. The molecule has 1 saturated carbocycles. The minimum Gasteiger partial charge on any atom is -0.496 e. The van der Waals surface area contributed by atoms with Gasteiger partial charge in [-0.05, 0) is 86.5 Å². The van der Waals surface area contributed by atoms with E-state index < -0.39 is 57.4 Å². The van der Waals surface area contributed by atoms with Gasteiger partial charge in [0.1, 0.15) is 11.2 Å². The lowest BCUT2D eigenvalue weighted by atomic mass is 9.47. The number of fused-ring (bicyclic) bond motifs is 6. The SMILES string of the molecule is CC[C@]1(N=C=S)C[C@@H]2CN(CCc3c([nH]c4ccccc34)[C@@](C(=O)OC)(c3cc4c(cc3OC)N(C)[C@H]3[C@@](O)(C(=O)OC)[C@H](OC(C)=O)[C@]5(CC)C=CCN6CC[C@]43[C@@H]65)C2)C1. The van der Waals surface area contributed by atoms with E-state index in [1.165, 1.54) is 21.1 Å². The van der Waals surface area contributed by atoms with Crippen molar-refractivity contribution in [2.75, 3.05) is 66.0 Å². The predicted molar refractivity (Wildman–Crippen MR) is 233 cm³/mol. The first-order chi connectivity index (χ1) is 29.3. The van der Waals surface area contributed by atoms with Crippen molar-refractivity contribution in [1.82, 2.24) is 14.8 Å². The van der Waals surface area contributed by atoms with Crippen molar-refractivity contribution in [3.63, 3.8) is 0 Å². The molecular weight excluding hydrogens is 795 g/mol. The van der Waals surface area contributed by atoms with E-state index >= 15 is 4.79 Å². The summed E-state index contributed by atoms with van der Waals surface area (Å²) in [4.78, 5) is 58.4. The van der Waals surface area contributed by atoms with Crippen molar-refractivity contribution in [2.24, 2.45) is 16.3 Å². The Bertz CT molecular complexity index is 2400. The summed E-state index contributed by atoms with van der Waals surface area (Å²) < 4.78 is 24.1. The highest BCUT2D eigenvalue weighted by molar-refractivity contribution is 7.78. The highest BCUT2D eigenvalue weighted by Crippen LogP contribution is 2.68. The number of nitrogens with zero attached hydrogens (tertiary/aromatic N) is 4. The van der Waals surface area contributed by atoms with E-state index in [4.69, 9.17) is 36.2 Å². The number of aromatic amines is 1. The van der Waals surface area contributed by atoms with Gasteiger partial charge in [-0.2, -0.15) is 0 Å². The molecule has 2 N–H and O–H groups in total. The fourth-order valence-corrected chi connectivity index (χ4v) is 14.0. The van der Waals surface area contributed by atoms with Gasteiger partial charge in [0.05, 0.1) is 38.1 Å². The van der Waals surface area contributed by atoms with Crippen LogP contribution in [-0.4, -0.2) is 133 Å². The molecule has 1 aliphatic carbocycles. The van der Waals surface area contributed by atoms with Crippen LogP contribution in [0.15, 0.2) is 53.5 Å². The lowest BCUT2D eigenvalue weighted by Gasteiger charge is -2.63. The summed E-state index contributed by atoms with van der Waals surface area (Å²) in [6.45, 7) is 9.04. The predicted octanol–water partition coefficient (Wildman–Crippen LogP) is 5.10. The van der Waals surface area contributed by atoms with Gasteiger partial charge in [-0.1, -0.05) is 44.2 Å². The highest BCUT2D eigenvalue weighted by Gasteiger charge is 2.80. The molecule has 2 aromatic carbocycles. The minimum absolute atomic E-state index is 0.0226. The van der Waals surface area contributed by atoms with Crippen LogP contribution in [0, 0.1) is 11.3 Å². The zero-order valence-electron chi connectivity index (χ0n) is 36.2. The van der Waals surface area contributed by atoms with Gasteiger partial charge in [0.25, 0.3) is 0 Å². The summed E-state index contributed by atoms with van der Waals surface area (Å²) in [5.41, 5.74) is -1.04. The average molecular weight is 852 g/mol. The standard InChI is InChI=1S/C47H57N5O8S/c1-8-43(48-27-61)23-29-24-46(41(54)58-6,37-31(15-19-51(25-29)26-43)30-13-10-11-14-34(30)49-37)33-21-32-35(22-36(33)57-5)50(4)39-45(32)17-20-52-18-12-16-44(9-2,38(45)52)40(60-28(3)53)47(39,56)42(55)59-7/h10-14,16,21-22,29,38-40,49,56H,8-9,15,17-20,23-26H2,1-7H3/t29-,38-,39+,40+,43-,44+,45+,46-,47-/m0/s1. The first-order valence-corrected chi connectivity index (χ1v) is 22.0. The molecule has 0 amide bonds. The van der Waals surface area contributed by atoms with Crippen LogP contribution < -0.4 is 9.64 Å². The lowest BCUT2D eigenvalue weighted by Crippen LogP contribution is -2.81. The van der Waals surface area contributed by atoms with Crippen molar-refractivity contribution >= 4 is 51.9 Å². The average Bonchev–Trinajstić information content (AvgIpc) is 3.92. The number of rotatable bonds is 8. The number of carbonyl (C=O) groups is 3. The fraction of sp³-hybridized carbons (Fsp3) is 0.574. The largest absolute Gasteiger partial charge is 0.496 e. The summed E-state index contributed by atoms with van der Waals surface area (Å²) in [6, 6.07) is 11.1. The first-order valence-electron chi connectivity index (χ1n) is 21.6. The Morgan fingerprint density at radius 2 is 1.79 bits per heavy atom. The summed E-state index contributed by atoms with van der Waals surface area (Å²) >= 11 is 5.24. The number of anilines is 1. The number of para-hydroxylation sites is 1. The Morgan fingerprint density at radius 3 is 2.48 bits per heavy atom. The van der Waals surface area contributed by atoms with Crippen LogP contribution >= 0.6 is 12.2 Å². The molecule has 1 spiro atoms. The molecule has 6 heterocycles. The van der Waals surface area contributed by atoms with E-state index in [1.54, 1.807) is 7.11 Å². The number of aromatic nitrogens is 1. The lowest BCUT2D eigenvalue weighted by molar-refractivity contribution is -0.228. The molecule has 3 fully saturated rings. The molecule has 0 radical (unpaired) electrons. The van der Waals surface area contributed by atoms with Crippen molar-refractivity contribution in [2.45, 2.75) is 99.5 Å². The molecule has 324 valence electrons. The van der Waals surface area contributed by atoms with E-state index in [9.17, 15) is 14.7 Å². The second kappa shape index (κ2) is 14.8. The molecule has 1 unspecified atom stereocenters. The number of methoxy groups -OCH3 is 3. The Hall–Kier alpha value is -4.59. The van der Waals surface area contributed by atoms with Crippen LogP contribution in [0.5, 0.6) is 5.75 Å². The Balaban J connectivity index is 1.36. The quantitative estimate of drug-likeness (QED) is 0.102. The van der Waals surface area contributed by atoms with E-state index in [1.807, 2.05) is 37.1 Å². The third-order valence-electron chi connectivity index (χ3n) is 15.9. The number of hydrogen-bond donors (Lipinski definition) is 2. The Kier molecular flexibility index (Phi) is 10.1. The normalized spacial score (nSPS) is 35.9. The van der Waals surface area contributed by atoms with Gasteiger partial charge in [-0.3, -0.25) is 14.5 Å². The number of carbonyl (C=O) groups excluding carboxylic acids is 3. The van der Waals surface area contributed by atoms with E-state index in [-0.39, 0.29) is 12.0 Å². The maximum absolute atomic E-state index is 15.5. The van der Waals surface area contributed by atoms with Gasteiger partial charge in [-0.25, -0.2) is 9.79 Å². The second-order valence-electron chi connectivity index (χ2n) is 18.4. The molecule has 5 aliphatic heterocycles. The Labute approximate surface area is 362 Å². The van der Waals surface area contributed by atoms with Gasteiger partial charge >= 0.3 is 17.9 Å². The smallest absolute Gasteiger partial charge is 0.344 e. The number of likely N-dealkylation sites (N-methyl/N-ethyl adjacent to an activating group) is 1. The number of thiocarbonyl (C=S) groups is 1. The monoisotopic (exact) mass is 851 g/mol. The fourth-order valence-electron chi connectivity index (χ4n) is 13.8. The van der Waals surface area contributed by atoms with Gasteiger partial charge in [0.15, 0.2) is 6.10 Å². The second-order valence-corrected chi connectivity index (χ2v) is 18.6. The van der Waals surface area contributed by atoms with Crippen LogP contribution in [0.1, 0.15) is 75.3 Å². The summed E-state index contributed by atoms with van der Waals surface area (Å²) in [5.74, 6) is -1.44. The molecule has 13 nitrogen and oxygen atoms in total. The van der Waals surface area contributed by atoms with Gasteiger partial charge in [0.2, 0.25) is 5.60 Å². The molecule has 6 aliphatic rings. The van der Waals surface area contributed by atoms with Crippen molar-refractivity contribution in [3.8, 4) is 5.75 Å². The highest BCUT2D eigenvalue weighted by atomic mass is 32.1. The van der Waals surface area contributed by atoms with E-state index in [0.29, 0.717) is 56.5 Å². The number of aliphatic imine (C=N–C) groups is 1. The number of esters is 3. The first kappa shape index (κ1) is 41.7. The summed E-state index contributed by atoms with van der Waals surface area (Å²) in [7, 11) is 6.20. The minimum atomic E-state index is -2.30. The summed E-state index contributed by atoms with van der Waals surface area (Å²) in [6.07, 6.45) is 6.41. The molecule has 2 saturated heterocycles. The molecule has 61 heavy (non-hydrogen) atoms. The Morgan fingerprint density at radius 1 is 1.02 bits per heavy atom. The molecule has 2 bridgehead atoms. The van der Waals surface area contributed by atoms with Crippen molar-refractivity contribution < 1.29 is 38.4 Å². The number of ether oxygens (including phenoxy) is 4. The van der Waals surface area contributed by atoms with Crippen LogP contribution in [0.3, 0.4) is 0 Å². The number of nitrogens with one attached hydrogen (secondary N) is 1. The topological polar surface area (TPSA) is 146 Å². The van der Waals surface area contributed by atoms with E-state index in [2.05, 4.69) is 57.2 Å². The number of isothiocyanates is 1. The zero-order chi connectivity index (χ0) is 43.3. The molecule has 14 heteroatoms. The third kappa shape index (κ3) is 5.51. The maximum atomic E-state index is 15.5. The van der Waals surface area contributed by atoms with Crippen molar-refractivity contribution in [3.05, 3.63) is 70.9 Å². The molecule has 3 aromatic rings. The summed E-state index contributed by atoms with van der Waals surface area (Å²) in [5, 5.41) is 17.1. The number of benzene rings is 2. The van der Waals surface area contributed by atoms with Crippen LogP contribution in [-0.2, 0) is 45.8 Å². The zero-order valence-corrected chi connectivity index (χ0v) is 37.0. The van der Waals surface area contributed by atoms with Gasteiger partial charge in [0, 0.05) is 90.9 Å². The van der Waals surface area contributed by atoms with Gasteiger partial charge in [-0.15, -0.1) is 0 Å². The molecule has 1 aromatic heterocycles. The number of hydrogen-bond acceptors (Lipinski definition) is 13. The van der Waals surface area contributed by atoms with E-state index in [0.717, 1.165) is 59.5 Å². The van der Waals surface area contributed by atoms with Crippen LogP contribution in [0.2, 0.25) is 0 Å². The van der Waals surface area contributed by atoms with Crippen LogP contribution in [0.4, 0.5) is 5.69 Å². The molecule has 9 rings (SSSR count). The molecular formula is C47H57N5O8S.